The van der Waals surface area contributed by atoms with Crippen molar-refractivity contribution in [3.63, 3.8) is 0 Å². The van der Waals surface area contributed by atoms with E-state index in [0.29, 0.717) is 11.0 Å². The molecule has 0 aliphatic carbocycles. The molecule has 4 aromatic rings. The average Bonchev–Trinajstić information content (AvgIpc) is 3.15. The van der Waals surface area contributed by atoms with Gasteiger partial charge in [0, 0.05) is 10.9 Å². The number of carbonyl (C=O) groups excluding carboxylic acids is 1. The topological polar surface area (TPSA) is 128 Å². The van der Waals surface area contributed by atoms with Crippen LogP contribution in [0.2, 0.25) is 0 Å². The van der Waals surface area contributed by atoms with Crippen LogP contribution >= 0.6 is 0 Å². The predicted octanol–water partition coefficient (Wildman–Crippen LogP) is 4.18. The van der Waals surface area contributed by atoms with Crippen molar-refractivity contribution in [3.05, 3.63) is 58.4 Å². The van der Waals surface area contributed by atoms with Gasteiger partial charge in [0.25, 0.3) is 5.56 Å². The first-order valence-electron chi connectivity index (χ1n) is 9.99. The molecule has 0 unspecified atom stereocenters. The van der Waals surface area contributed by atoms with Crippen LogP contribution in [0.15, 0.2) is 51.7 Å². The number of nitrogens with one attached hydrogen (secondary N) is 1. The van der Waals surface area contributed by atoms with Crippen LogP contribution in [-0.2, 0) is 9.53 Å². The van der Waals surface area contributed by atoms with E-state index in [-0.39, 0.29) is 34.6 Å². The molecule has 0 spiro atoms. The Morgan fingerprint density at radius 1 is 1.15 bits per heavy atom. The number of hydrogen-bond acceptors (Lipinski definition) is 7. The monoisotopic (exact) mass is 473 g/mol. The van der Waals surface area contributed by atoms with Gasteiger partial charge in [-0.3, -0.25) is 4.79 Å². The summed E-state index contributed by atoms with van der Waals surface area (Å²) in [4.78, 5) is 39.4. The number of benzene rings is 2. The van der Waals surface area contributed by atoms with E-state index in [4.69, 9.17) is 19.0 Å². The summed E-state index contributed by atoms with van der Waals surface area (Å²) in [6.07, 6.45) is 0. The van der Waals surface area contributed by atoms with E-state index in [0.717, 1.165) is 0 Å². The van der Waals surface area contributed by atoms with Gasteiger partial charge in [-0.1, -0.05) is 24.3 Å². The highest BCUT2D eigenvalue weighted by molar-refractivity contribution is 6.12. The van der Waals surface area contributed by atoms with Crippen LogP contribution in [0.3, 0.4) is 0 Å². The van der Waals surface area contributed by atoms with Gasteiger partial charge in [-0.05, 0) is 25.1 Å². The number of alkyl halides is 2. The summed E-state index contributed by atoms with van der Waals surface area (Å²) in [5, 5.41) is 9.45. The first-order chi connectivity index (χ1) is 16.3. The van der Waals surface area contributed by atoms with Crippen LogP contribution in [0.25, 0.3) is 33.2 Å². The zero-order valence-electron chi connectivity index (χ0n) is 17.6. The maximum absolute atomic E-state index is 13.4. The number of esters is 1. The Hall–Kier alpha value is -4.41. The second kappa shape index (κ2) is 9.22. The van der Waals surface area contributed by atoms with E-state index in [1.54, 1.807) is 24.3 Å². The zero-order chi connectivity index (χ0) is 24.4. The molecule has 2 heterocycles. The Labute approximate surface area is 189 Å². The van der Waals surface area contributed by atoms with Gasteiger partial charge in [-0.2, -0.15) is 8.78 Å². The van der Waals surface area contributed by atoms with E-state index in [1.165, 1.54) is 25.1 Å². The van der Waals surface area contributed by atoms with E-state index < -0.39 is 42.0 Å². The van der Waals surface area contributed by atoms with Gasteiger partial charge < -0.3 is 28.7 Å². The number of furan rings is 1. The van der Waals surface area contributed by atoms with Crippen LogP contribution in [0.1, 0.15) is 17.3 Å². The Morgan fingerprint density at radius 2 is 1.91 bits per heavy atom. The smallest absolute Gasteiger partial charge is 0.387 e. The van der Waals surface area contributed by atoms with Gasteiger partial charge in [0.05, 0.1) is 17.7 Å². The molecule has 0 saturated heterocycles. The number of fused-ring (bicyclic) bond motifs is 3. The number of aromatic nitrogens is 1. The SMILES string of the molecule is CCOC(=O)c1c(-c2cccc(OCC(=O)O)c2OC(F)F)c2oc3ccccc3c2[nH]c1=O. The van der Waals surface area contributed by atoms with Crippen molar-refractivity contribution >= 4 is 34.0 Å². The van der Waals surface area contributed by atoms with Gasteiger partial charge in [0.1, 0.15) is 11.1 Å². The summed E-state index contributed by atoms with van der Waals surface area (Å²) in [6.45, 7) is -2.69. The zero-order valence-corrected chi connectivity index (χ0v) is 17.6. The molecule has 11 heteroatoms. The molecule has 0 aliphatic heterocycles. The summed E-state index contributed by atoms with van der Waals surface area (Å²) in [5.74, 6) is -3.27. The fraction of sp³-hybridized carbons (Fsp3) is 0.174. The summed E-state index contributed by atoms with van der Waals surface area (Å²) in [6, 6.07) is 10.6. The van der Waals surface area contributed by atoms with Crippen molar-refractivity contribution in [1.82, 2.24) is 4.98 Å². The van der Waals surface area contributed by atoms with Crippen molar-refractivity contribution in [1.29, 1.82) is 0 Å². The standard InChI is InChI=1S/C23H17F2NO8/c1-2-31-22(30)17-16(20-18(26-21(17)29)11-6-3-4-8-13(11)33-20)12-7-5-9-14(32-10-15(27)28)19(12)34-23(24)25/h3-9,23H,2,10H2,1H3,(H,26,29)(H,27,28). The number of carbonyl (C=O) groups is 2. The second-order valence-corrected chi connectivity index (χ2v) is 6.92. The van der Waals surface area contributed by atoms with Crippen LogP contribution in [0.4, 0.5) is 8.78 Å². The van der Waals surface area contributed by atoms with Gasteiger partial charge in [0.2, 0.25) is 0 Å². The second-order valence-electron chi connectivity index (χ2n) is 6.92. The summed E-state index contributed by atoms with van der Waals surface area (Å²) in [5.41, 5.74) is -1.05. The minimum absolute atomic E-state index is 0.0124. The lowest BCUT2D eigenvalue weighted by Crippen LogP contribution is -2.21. The Kier molecular flexibility index (Phi) is 6.17. The normalized spacial score (nSPS) is 11.2. The fourth-order valence-electron chi connectivity index (χ4n) is 3.58. The lowest BCUT2D eigenvalue weighted by molar-refractivity contribution is -0.139. The Morgan fingerprint density at radius 3 is 2.62 bits per heavy atom. The van der Waals surface area contributed by atoms with Gasteiger partial charge in [-0.15, -0.1) is 0 Å². The lowest BCUT2D eigenvalue weighted by Gasteiger charge is -2.17. The number of carboxylic acids is 1. The molecule has 0 aliphatic rings. The fourth-order valence-corrected chi connectivity index (χ4v) is 3.58. The minimum Gasteiger partial charge on any atom is -0.479 e. The molecule has 0 saturated carbocycles. The molecular formula is C23H17F2NO8. The number of rotatable bonds is 8. The first-order valence-corrected chi connectivity index (χ1v) is 9.99. The van der Waals surface area contributed by atoms with E-state index >= 15 is 0 Å². The van der Waals surface area contributed by atoms with Crippen molar-refractivity contribution in [2.45, 2.75) is 13.5 Å². The molecule has 0 bridgehead atoms. The van der Waals surface area contributed by atoms with Gasteiger partial charge in [0.15, 0.2) is 23.7 Å². The molecule has 34 heavy (non-hydrogen) atoms. The van der Waals surface area contributed by atoms with E-state index in [9.17, 15) is 23.2 Å². The number of pyridine rings is 1. The lowest BCUT2D eigenvalue weighted by atomic mass is 9.98. The predicted molar refractivity (Wildman–Crippen MR) is 115 cm³/mol. The number of H-pyrrole nitrogens is 1. The minimum atomic E-state index is -3.33. The number of hydrogen-bond donors (Lipinski definition) is 2. The maximum atomic E-state index is 13.4. The summed E-state index contributed by atoms with van der Waals surface area (Å²) >= 11 is 0. The van der Waals surface area contributed by atoms with Crippen LogP contribution in [0.5, 0.6) is 11.5 Å². The quantitative estimate of drug-likeness (QED) is 0.365. The number of aliphatic carboxylic acids is 1. The molecule has 176 valence electrons. The highest BCUT2D eigenvalue weighted by atomic mass is 19.3. The number of aromatic amines is 1. The van der Waals surface area contributed by atoms with Gasteiger partial charge >= 0.3 is 18.6 Å². The largest absolute Gasteiger partial charge is 0.479 e. The number of carboxylic acid groups (broad SMARTS) is 1. The van der Waals surface area contributed by atoms with Crippen molar-refractivity contribution in [2.24, 2.45) is 0 Å². The van der Waals surface area contributed by atoms with Crippen molar-refractivity contribution in [3.8, 4) is 22.6 Å². The Balaban J connectivity index is 2.11. The molecule has 0 amide bonds. The summed E-state index contributed by atoms with van der Waals surface area (Å²) in [7, 11) is 0. The molecule has 2 aromatic heterocycles. The third kappa shape index (κ3) is 4.15. The third-order valence-corrected chi connectivity index (χ3v) is 4.82. The van der Waals surface area contributed by atoms with Gasteiger partial charge in [-0.25, -0.2) is 9.59 Å². The number of ether oxygens (including phenoxy) is 3. The van der Waals surface area contributed by atoms with E-state index in [2.05, 4.69) is 9.72 Å². The Bertz CT molecular complexity index is 1460. The first kappa shape index (κ1) is 22.8. The molecule has 0 fully saturated rings. The molecule has 0 atom stereocenters. The maximum Gasteiger partial charge on any atom is 0.387 e. The third-order valence-electron chi connectivity index (χ3n) is 4.82. The van der Waals surface area contributed by atoms with Crippen LogP contribution in [0, 0.1) is 0 Å². The molecule has 2 aromatic carbocycles. The number of para-hydroxylation sites is 2. The van der Waals surface area contributed by atoms with Crippen LogP contribution < -0.4 is 15.0 Å². The molecule has 4 rings (SSSR count). The highest BCUT2D eigenvalue weighted by Crippen LogP contribution is 2.44. The molecule has 9 nitrogen and oxygen atoms in total. The van der Waals surface area contributed by atoms with Crippen molar-refractivity contribution in [2.75, 3.05) is 13.2 Å². The number of halogens is 2. The average molecular weight is 473 g/mol. The van der Waals surface area contributed by atoms with Crippen molar-refractivity contribution < 1.29 is 42.1 Å². The summed E-state index contributed by atoms with van der Waals surface area (Å²) < 4.78 is 47.4. The molecular weight excluding hydrogens is 456 g/mol. The molecule has 0 radical (unpaired) electrons. The highest BCUT2D eigenvalue weighted by Gasteiger charge is 2.29. The van der Waals surface area contributed by atoms with Crippen LogP contribution in [-0.4, -0.2) is 41.9 Å². The van der Waals surface area contributed by atoms with E-state index in [1.807, 2.05) is 0 Å². The molecule has 2 N–H and O–H groups in total.